The van der Waals surface area contributed by atoms with Gasteiger partial charge in [0.1, 0.15) is 9.75 Å². The van der Waals surface area contributed by atoms with Gasteiger partial charge in [0.25, 0.3) is 0 Å². The lowest BCUT2D eigenvalue weighted by molar-refractivity contribution is 0.0522. The maximum absolute atomic E-state index is 13.6. The highest BCUT2D eigenvalue weighted by Gasteiger charge is 2.41. The third kappa shape index (κ3) is 3.32. The van der Waals surface area contributed by atoms with E-state index in [-0.39, 0.29) is 55.4 Å². The summed E-state index contributed by atoms with van der Waals surface area (Å²) in [7, 11) is 0. The zero-order chi connectivity index (χ0) is 22.3. The second-order valence-corrected chi connectivity index (χ2v) is 8.78. The van der Waals surface area contributed by atoms with Crippen LogP contribution in [0.25, 0.3) is 11.1 Å². The summed E-state index contributed by atoms with van der Waals surface area (Å²) in [5, 5.41) is 0. The molecule has 0 aliphatic heterocycles. The predicted octanol–water partition coefficient (Wildman–Crippen LogP) is 4.91. The van der Waals surface area contributed by atoms with E-state index in [1.54, 1.807) is 45.0 Å². The normalized spacial score (nSPS) is 12.4. The first kappa shape index (κ1) is 21.1. The SMILES string of the molecule is CCOC(=O)c1sc2c(c1C)C(=O)c1c(sc(C(=O)OCC)c1-c1ccccc1)C2=O. The van der Waals surface area contributed by atoms with Gasteiger partial charge in [0.2, 0.25) is 5.78 Å². The molecule has 31 heavy (non-hydrogen) atoms. The minimum Gasteiger partial charge on any atom is -0.462 e. The molecule has 0 saturated heterocycles. The van der Waals surface area contributed by atoms with Gasteiger partial charge in [-0.05, 0) is 31.9 Å². The van der Waals surface area contributed by atoms with Crippen LogP contribution < -0.4 is 0 Å². The topological polar surface area (TPSA) is 86.7 Å². The molecule has 0 spiro atoms. The van der Waals surface area contributed by atoms with Crippen molar-refractivity contribution in [1.82, 2.24) is 0 Å². The van der Waals surface area contributed by atoms with Crippen LogP contribution in [0, 0.1) is 6.92 Å². The second-order valence-electron chi connectivity index (χ2n) is 6.74. The van der Waals surface area contributed by atoms with Gasteiger partial charge in [-0.1, -0.05) is 30.3 Å². The van der Waals surface area contributed by atoms with Gasteiger partial charge in [0, 0.05) is 11.1 Å². The molecule has 0 radical (unpaired) electrons. The van der Waals surface area contributed by atoms with Crippen LogP contribution in [0.15, 0.2) is 30.3 Å². The van der Waals surface area contributed by atoms with Crippen molar-refractivity contribution in [2.75, 3.05) is 13.2 Å². The zero-order valence-corrected chi connectivity index (χ0v) is 18.7. The Morgan fingerprint density at radius 3 is 1.94 bits per heavy atom. The van der Waals surface area contributed by atoms with Crippen molar-refractivity contribution in [3.8, 4) is 11.1 Å². The number of carbonyl (C=O) groups is 4. The number of hydrogen-bond donors (Lipinski definition) is 0. The number of ketones is 2. The first-order valence-electron chi connectivity index (χ1n) is 9.69. The van der Waals surface area contributed by atoms with Crippen molar-refractivity contribution in [3.05, 3.63) is 66.5 Å². The van der Waals surface area contributed by atoms with Crippen molar-refractivity contribution >= 4 is 46.2 Å². The molecule has 0 unspecified atom stereocenters. The third-order valence-corrected chi connectivity index (χ3v) is 7.34. The van der Waals surface area contributed by atoms with Crippen LogP contribution in [-0.2, 0) is 9.47 Å². The van der Waals surface area contributed by atoms with Gasteiger partial charge >= 0.3 is 11.9 Å². The summed E-state index contributed by atoms with van der Waals surface area (Å²) in [5.74, 6) is -1.88. The Kier molecular flexibility index (Phi) is 5.60. The standard InChI is InChI=1S/C23H18O6S2/c1-4-28-22(26)18-11(3)13-16(24)15-14(12-9-7-6-8-10-12)21(23(27)29-5-2)31-20(15)17(25)19(13)30-18/h6-10H,4-5H2,1-3H3. The van der Waals surface area contributed by atoms with E-state index in [4.69, 9.17) is 9.47 Å². The first-order valence-corrected chi connectivity index (χ1v) is 11.3. The Balaban J connectivity index is 1.96. The van der Waals surface area contributed by atoms with Gasteiger partial charge in [0.05, 0.1) is 28.5 Å². The fourth-order valence-corrected chi connectivity index (χ4v) is 5.96. The molecule has 0 fully saturated rings. The van der Waals surface area contributed by atoms with Gasteiger partial charge in [-0.2, -0.15) is 0 Å². The Morgan fingerprint density at radius 1 is 0.774 bits per heavy atom. The quantitative estimate of drug-likeness (QED) is 0.398. The summed E-state index contributed by atoms with van der Waals surface area (Å²) in [6.45, 7) is 5.39. The number of thiophene rings is 2. The molecule has 1 aliphatic carbocycles. The number of ether oxygens (including phenoxy) is 2. The molecule has 0 N–H and O–H groups in total. The smallest absolute Gasteiger partial charge is 0.348 e. The van der Waals surface area contributed by atoms with Crippen LogP contribution in [0.3, 0.4) is 0 Å². The molecule has 0 atom stereocenters. The maximum atomic E-state index is 13.6. The van der Waals surface area contributed by atoms with Crippen LogP contribution in [0.1, 0.15) is 69.2 Å². The number of carbonyl (C=O) groups excluding carboxylic acids is 4. The van der Waals surface area contributed by atoms with Crippen LogP contribution in [0.2, 0.25) is 0 Å². The molecular weight excluding hydrogens is 436 g/mol. The number of rotatable bonds is 5. The molecule has 3 aromatic rings. The van der Waals surface area contributed by atoms with Crippen LogP contribution in [0.5, 0.6) is 0 Å². The molecular formula is C23H18O6S2. The molecule has 0 amide bonds. The summed E-state index contributed by atoms with van der Waals surface area (Å²) in [6.07, 6.45) is 0. The summed E-state index contributed by atoms with van der Waals surface area (Å²) in [6, 6.07) is 8.98. The summed E-state index contributed by atoms with van der Waals surface area (Å²) >= 11 is 1.92. The lowest BCUT2D eigenvalue weighted by Gasteiger charge is -2.13. The van der Waals surface area contributed by atoms with E-state index in [1.807, 2.05) is 6.07 Å². The molecule has 0 saturated carbocycles. The fraction of sp³-hybridized carbons (Fsp3) is 0.217. The highest BCUT2D eigenvalue weighted by Crippen LogP contribution is 2.45. The van der Waals surface area contributed by atoms with E-state index < -0.39 is 11.9 Å². The average molecular weight is 455 g/mol. The van der Waals surface area contributed by atoms with E-state index in [2.05, 4.69) is 0 Å². The van der Waals surface area contributed by atoms with Gasteiger partial charge < -0.3 is 9.47 Å². The highest BCUT2D eigenvalue weighted by atomic mass is 32.1. The Hall–Kier alpha value is -3.10. The highest BCUT2D eigenvalue weighted by molar-refractivity contribution is 7.20. The van der Waals surface area contributed by atoms with Crippen molar-refractivity contribution in [1.29, 1.82) is 0 Å². The van der Waals surface area contributed by atoms with Gasteiger partial charge in [-0.3, -0.25) is 9.59 Å². The maximum Gasteiger partial charge on any atom is 0.348 e. The lowest BCUT2D eigenvalue weighted by Crippen LogP contribution is -2.18. The summed E-state index contributed by atoms with van der Waals surface area (Å²) in [4.78, 5) is 52.8. The molecule has 2 heterocycles. The van der Waals surface area contributed by atoms with Gasteiger partial charge in [0.15, 0.2) is 5.78 Å². The largest absolute Gasteiger partial charge is 0.462 e. The van der Waals surface area contributed by atoms with Crippen molar-refractivity contribution < 1.29 is 28.7 Å². The molecule has 2 aromatic heterocycles. The van der Waals surface area contributed by atoms with E-state index in [0.717, 1.165) is 22.7 Å². The molecule has 1 aliphatic rings. The van der Waals surface area contributed by atoms with E-state index in [0.29, 0.717) is 16.7 Å². The van der Waals surface area contributed by atoms with E-state index >= 15 is 0 Å². The molecule has 6 nitrogen and oxygen atoms in total. The van der Waals surface area contributed by atoms with E-state index in [1.165, 1.54) is 0 Å². The van der Waals surface area contributed by atoms with Gasteiger partial charge in [-0.15, -0.1) is 22.7 Å². The molecule has 158 valence electrons. The summed E-state index contributed by atoms with van der Waals surface area (Å²) < 4.78 is 10.3. The third-order valence-electron chi connectivity index (χ3n) is 4.91. The summed E-state index contributed by atoms with van der Waals surface area (Å²) in [5.41, 5.74) is 1.85. The average Bonchev–Trinajstić information content (AvgIpc) is 3.33. The van der Waals surface area contributed by atoms with Crippen LogP contribution in [-0.4, -0.2) is 36.7 Å². The Morgan fingerprint density at radius 2 is 1.32 bits per heavy atom. The number of hydrogen-bond acceptors (Lipinski definition) is 8. The van der Waals surface area contributed by atoms with Gasteiger partial charge in [-0.25, -0.2) is 9.59 Å². The second kappa shape index (κ2) is 8.20. The predicted molar refractivity (Wildman–Crippen MR) is 118 cm³/mol. The van der Waals surface area contributed by atoms with Crippen LogP contribution >= 0.6 is 22.7 Å². The molecule has 0 bridgehead atoms. The monoisotopic (exact) mass is 454 g/mol. The molecule has 4 rings (SSSR count). The molecule has 8 heteroatoms. The zero-order valence-electron chi connectivity index (χ0n) is 17.1. The van der Waals surface area contributed by atoms with Crippen molar-refractivity contribution in [3.63, 3.8) is 0 Å². The van der Waals surface area contributed by atoms with Crippen LogP contribution in [0.4, 0.5) is 0 Å². The number of fused-ring (bicyclic) bond motifs is 2. The molecule has 1 aromatic carbocycles. The number of esters is 2. The minimum atomic E-state index is -0.575. The Bertz CT molecular complexity index is 1230. The fourth-order valence-electron chi connectivity index (χ4n) is 3.59. The minimum absolute atomic E-state index is 0.173. The number of benzene rings is 1. The lowest BCUT2D eigenvalue weighted by atomic mass is 9.87. The van der Waals surface area contributed by atoms with Crippen molar-refractivity contribution in [2.45, 2.75) is 20.8 Å². The first-order chi connectivity index (χ1) is 14.9. The van der Waals surface area contributed by atoms with E-state index in [9.17, 15) is 19.2 Å². The Labute approximate surface area is 186 Å². The van der Waals surface area contributed by atoms with Crippen molar-refractivity contribution in [2.24, 2.45) is 0 Å².